The number of halogens is 1. The lowest BCUT2D eigenvalue weighted by molar-refractivity contribution is 1.37. The summed E-state index contributed by atoms with van der Waals surface area (Å²) in [6, 6.07) is -0.0276. The van der Waals surface area contributed by atoms with E-state index < -0.39 is 6.88 Å². The molecule has 0 amide bonds. The van der Waals surface area contributed by atoms with E-state index in [1.807, 2.05) is 22.6 Å². The van der Waals surface area contributed by atoms with E-state index in [2.05, 4.69) is 0 Å². The molecular formula is C8H10IN. The number of anilines is 1. The third-order valence-electron chi connectivity index (χ3n) is 1.15. The fourth-order valence-electron chi connectivity index (χ4n) is 0.635. The zero-order valence-electron chi connectivity index (χ0n) is 11.4. The molecule has 54 valence electrons. The predicted octanol–water partition coefficient (Wildman–Crippen LogP) is 2.49. The van der Waals surface area contributed by atoms with Crippen molar-refractivity contribution >= 4 is 28.3 Å². The van der Waals surface area contributed by atoms with Crippen LogP contribution in [0.5, 0.6) is 0 Å². The standard InChI is InChI=1S/C8H10IN/c1-5-3-7(9)4-6(2)8(5)10/h3-4H,10H2,1-2H3/i1D2,3D,4D/hD2. The third kappa shape index (κ3) is 1.42. The average molecular weight is 253 g/mol. The summed E-state index contributed by atoms with van der Waals surface area (Å²) in [4.78, 5) is 0. The van der Waals surface area contributed by atoms with Crippen molar-refractivity contribution in [3.63, 3.8) is 0 Å². The van der Waals surface area contributed by atoms with Gasteiger partial charge in [0.25, 0.3) is 0 Å². The second-order valence-corrected chi connectivity index (χ2v) is 3.03. The Kier molecular flexibility index (Phi) is 0.836. The molecule has 2 N–H and O–H groups in total. The van der Waals surface area contributed by atoms with Gasteiger partial charge in [-0.1, -0.05) is 0 Å². The van der Waals surface area contributed by atoms with Crippen LogP contribution in [0.25, 0.3) is 0 Å². The first-order valence-corrected chi connectivity index (χ1v) is 3.78. The summed E-state index contributed by atoms with van der Waals surface area (Å²) in [5.41, 5.74) is 0.616. The number of nitrogens with two attached hydrogens (primary N) is 1. The largest absolute Gasteiger partial charge is 0.398 e. The third-order valence-corrected chi connectivity index (χ3v) is 1.69. The highest BCUT2D eigenvalue weighted by Gasteiger charge is 1.97. The van der Waals surface area contributed by atoms with E-state index in [0.29, 0.717) is 9.13 Å². The smallest absolute Gasteiger partial charge is 0.156 e. The number of rotatable bonds is 1. The van der Waals surface area contributed by atoms with Gasteiger partial charge in [-0.3, -0.25) is 0 Å². The first-order valence-electron chi connectivity index (χ1n) is 5.75. The fraction of sp³-hybridized carbons (Fsp3) is 0.250. The van der Waals surface area contributed by atoms with Crippen LogP contribution in [0, 0.1) is 17.4 Å². The van der Waals surface area contributed by atoms with Gasteiger partial charge in [-0.25, -0.2) is 0 Å². The molecule has 0 bridgehead atoms. The molecule has 0 spiro atoms. The quantitative estimate of drug-likeness (QED) is 0.604. The van der Waals surface area contributed by atoms with Crippen LogP contribution in [-0.4, -0.2) is 0 Å². The lowest BCUT2D eigenvalue weighted by Crippen LogP contribution is -1.93. The Bertz CT molecular complexity index is 381. The molecule has 0 fully saturated rings. The van der Waals surface area contributed by atoms with Gasteiger partial charge in [0.05, 0.1) is 2.74 Å². The monoisotopic (exact) mass is 253 g/mol. The average Bonchev–Trinajstić information content (AvgIpc) is 2.18. The number of hydrogen-bond donors (Lipinski definition) is 1. The normalized spacial score (nSPS) is 18.3. The maximum Gasteiger partial charge on any atom is 0.156 e. The molecule has 1 rings (SSSR count). The Morgan fingerprint density at radius 3 is 3.00 bits per heavy atom. The molecule has 1 aromatic rings. The minimum Gasteiger partial charge on any atom is -0.398 e. The predicted molar refractivity (Wildman–Crippen MR) is 53.0 cm³/mol. The van der Waals surface area contributed by atoms with Crippen molar-refractivity contribution in [3.05, 3.63) is 26.8 Å². The van der Waals surface area contributed by atoms with Crippen molar-refractivity contribution in [1.29, 1.82) is 0 Å². The van der Waals surface area contributed by atoms with Crippen LogP contribution in [0.2, 0.25) is 2.82 Å². The van der Waals surface area contributed by atoms with Crippen molar-refractivity contribution in [2.45, 2.75) is 13.8 Å². The van der Waals surface area contributed by atoms with Gasteiger partial charge in [-0.05, 0) is 59.6 Å². The van der Waals surface area contributed by atoms with Gasteiger partial charge < -0.3 is 5.72 Å². The summed E-state index contributed by atoms with van der Waals surface area (Å²) in [6.45, 7) is 0.120. The molecule has 0 saturated carbocycles. The molecule has 0 atom stereocenters. The van der Waals surface area contributed by atoms with E-state index in [-0.39, 0.29) is 29.1 Å². The molecule has 0 aliphatic heterocycles. The number of hydrogen-bond acceptors (Lipinski definition) is 1. The van der Waals surface area contributed by atoms with E-state index in [9.17, 15) is 0 Å². The second kappa shape index (κ2) is 2.78. The maximum absolute atomic E-state index is 7.74. The molecule has 0 saturated heterocycles. The molecule has 0 unspecified atom stereocenters. The van der Waals surface area contributed by atoms with Crippen molar-refractivity contribution in [1.82, 2.24) is 0 Å². The van der Waals surface area contributed by atoms with E-state index in [1.165, 1.54) is 0 Å². The Morgan fingerprint density at radius 1 is 1.70 bits per heavy atom. The van der Waals surface area contributed by atoms with Crippen LogP contribution >= 0.6 is 22.6 Å². The minimum atomic E-state index is -1.44. The van der Waals surface area contributed by atoms with Crippen LogP contribution in [0.4, 0.5) is 5.69 Å². The molecule has 0 heterocycles. The molecule has 0 aliphatic rings. The molecule has 0 aliphatic carbocycles. The summed E-state index contributed by atoms with van der Waals surface area (Å²) >= 11 is 1.81. The van der Waals surface area contributed by atoms with Crippen molar-refractivity contribution in [2.75, 3.05) is 5.72 Å². The summed E-state index contributed by atoms with van der Waals surface area (Å²) in [6.07, 6.45) is 0. The topological polar surface area (TPSA) is 26.0 Å². The Morgan fingerprint density at radius 2 is 2.40 bits per heavy atom. The molecular weight excluding hydrogens is 237 g/mol. The lowest BCUT2D eigenvalue weighted by atomic mass is 10.1. The first-order chi connectivity index (χ1) is 7.29. The summed E-state index contributed by atoms with van der Waals surface area (Å²) in [5, 5.41) is 0. The zero-order valence-corrected chi connectivity index (χ0v) is 7.56. The molecule has 0 radical (unpaired) electrons. The van der Waals surface area contributed by atoms with Crippen LogP contribution < -0.4 is 5.72 Å². The highest BCUT2D eigenvalue weighted by molar-refractivity contribution is 14.1. The SMILES string of the molecule is [2H]c1c(C)c(N([2H])[2H])c(C([2H])[2H])c([2H])c1I. The maximum atomic E-state index is 7.74. The van der Waals surface area contributed by atoms with Gasteiger partial charge in [-0.15, -0.1) is 0 Å². The molecule has 10 heavy (non-hydrogen) atoms. The van der Waals surface area contributed by atoms with E-state index in [0.717, 1.165) is 0 Å². The Hall–Kier alpha value is -0.250. The molecule has 1 nitrogen and oxygen atoms in total. The molecule has 2 heteroatoms. The Labute approximate surface area is 83.3 Å². The molecule has 0 aromatic heterocycles. The van der Waals surface area contributed by atoms with E-state index >= 15 is 0 Å². The molecule has 1 aromatic carbocycles. The van der Waals surface area contributed by atoms with Gasteiger partial charge in [0.1, 0.15) is 0 Å². The zero-order chi connectivity index (χ0) is 12.6. The van der Waals surface area contributed by atoms with Crippen molar-refractivity contribution in [3.8, 4) is 0 Å². The fourth-order valence-corrected chi connectivity index (χ4v) is 1.33. The summed E-state index contributed by atoms with van der Waals surface area (Å²) in [5.74, 6) is 0. The van der Waals surface area contributed by atoms with Gasteiger partial charge >= 0.3 is 0 Å². The van der Waals surface area contributed by atoms with Gasteiger partial charge in [0.2, 0.25) is 0 Å². The van der Waals surface area contributed by atoms with Crippen LogP contribution in [0.3, 0.4) is 0 Å². The van der Waals surface area contributed by atoms with Crippen LogP contribution in [0.15, 0.2) is 12.1 Å². The second-order valence-electron chi connectivity index (χ2n) is 1.95. The van der Waals surface area contributed by atoms with Crippen LogP contribution in [-0.2, 0) is 0 Å². The summed E-state index contributed by atoms with van der Waals surface area (Å²) in [7, 11) is 0. The summed E-state index contributed by atoms with van der Waals surface area (Å²) < 4.78 is 44.9. The van der Waals surface area contributed by atoms with Gasteiger partial charge in [0.15, 0.2) is 2.82 Å². The van der Waals surface area contributed by atoms with Crippen LogP contribution in [0.1, 0.15) is 16.6 Å². The van der Waals surface area contributed by atoms with Gasteiger partial charge in [0, 0.05) is 12.0 Å². The number of benzene rings is 1. The highest BCUT2D eigenvalue weighted by atomic mass is 127. The Balaban J connectivity index is 3.69. The first kappa shape index (κ1) is 3.01. The van der Waals surface area contributed by atoms with E-state index in [1.54, 1.807) is 6.92 Å². The number of nitrogen functional groups attached to an aromatic ring is 1. The minimum absolute atomic E-state index is 0.00269. The highest BCUT2D eigenvalue weighted by Crippen LogP contribution is 2.19. The lowest BCUT2D eigenvalue weighted by Gasteiger charge is -2.03. The van der Waals surface area contributed by atoms with Crippen molar-refractivity contribution in [2.24, 2.45) is 0 Å². The van der Waals surface area contributed by atoms with E-state index in [4.69, 9.17) is 8.31 Å². The van der Waals surface area contributed by atoms with Crippen molar-refractivity contribution < 1.29 is 8.31 Å². The van der Waals surface area contributed by atoms with Gasteiger partial charge in [-0.2, -0.15) is 0 Å².